The highest BCUT2D eigenvalue weighted by molar-refractivity contribution is 5.96. The van der Waals surface area contributed by atoms with E-state index in [1.165, 1.54) is 10.9 Å². The van der Waals surface area contributed by atoms with Gasteiger partial charge in [-0.25, -0.2) is 0 Å². The number of hydrogen-bond acceptors (Lipinski definition) is 2. The zero-order valence-corrected chi connectivity index (χ0v) is 13.4. The fourth-order valence-electron chi connectivity index (χ4n) is 3.07. The number of fused-ring (bicyclic) bond motifs is 2. The van der Waals surface area contributed by atoms with Gasteiger partial charge in [-0.05, 0) is 37.1 Å². The van der Waals surface area contributed by atoms with Gasteiger partial charge >= 0.3 is 0 Å². The molecule has 4 aromatic rings. The standard InChI is InChI=1S/C20H18N2O2/c1-13(10-15-12-21-17-8-4-3-7-16(15)17)22-20(23)19-11-14-6-2-5-9-18(14)24-19/h2-9,11-13,21H,10H2,1H3,(H,22,23)/t13-/m1/s1. The minimum atomic E-state index is -0.182. The number of carbonyl (C=O) groups is 1. The lowest BCUT2D eigenvalue weighted by Gasteiger charge is -2.12. The van der Waals surface area contributed by atoms with Gasteiger partial charge in [0.05, 0.1) is 0 Å². The lowest BCUT2D eigenvalue weighted by atomic mass is 10.1. The zero-order valence-electron chi connectivity index (χ0n) is 13.4. The first kappa shape index (κ1) is 14.6. The molecular formula is C20H18N2O2. The highest BCUT2D eigenvalue weighted by atomic mass is 16.3. The number of hydrogen-bond donors (Lipinski definition) is 2. The summed E-state index contributed by atoms with van der Waals surface area (Å²) in [5.41, 5.74) is 3.04. The van der Waals surface area contributed by atoms with E-state index in [9.17, 15) is 4.79 Å². The highest BCUT2D eigenvalue weighted by Gasteiger charge is 2.16. The van der Waals surface area contributed by atoms with Crippen molar-refractivity contribution in [3.8, 4) is 0 Å². The van der Waals surface area contributed by atoms with Crippen LogP contribution in [0.3, 0.4) is 0 Å². The molecule has 2 aromatic carbocycles. The minimum Gasteiger partial charge on any atom is -0.451 e. The smallest absolute Gasteiger partial charge is 0.287 e. The van der Waals surface area contributed by atoms with Crippen LogP contribution in [0.25, 0.3) is 21.9 Å². The van der Waals surface area contributed by atoms with Crippen molar-refractivity contribution in [1.82, 2.24) is 10.3 Å². The molecule has 0 unspecified atom stereocenters. The Morgan fingerprint density at radius 1 is 1.17 bits per heavy atom. The Kier molecular flexibility index (Phi) is 3.58. The fraction of sp³-hybridized carbons (Fsp3) is 0.150. The average molecular weight is 318 g/mol. The summed E-state index contributed by atoms with van der Waals surface area (Å²) in [5.74, 6) is 0.167. The van der Waals surface area contributed by atoms with Crippen LogP contribution in [-0.4, -0.2) is 16.9 Å². The molecule has 24 heavy (non-hydrogen) atoms. The van der Waals surface area contributed by atoms with E-state index in [0.717, 1.165) is 22.9 Å². The second kappa shape index (κ2) is 5.89. The maximum atomic E-state index is 12.4. The summed E-state index contributed by atoms with van der Waals surface area (Å²) >= 11 is 0. The number of nitrogens with one attached hydrogen (secondary N) is 2. The summed E-state index contributed by atoms with van der Waals surface area (Å²) in [7, 11) is 0. The van der Waals surface area contributed by atoms with Gasteiger partial charge in [0.25, 0.3) is 5.91 Å². The fourth-order valence-corrected chi connectivity index (χ4v) is 3.07. The molecule has 0 saturated carbocycles. The minimum absolute atomic E-state index is 0.00455. The van der Waals surface area contributed by atoms with Crippen LogP contribution in [0.1, 0.15) is 23.0 Å². The molecule has 0 aliphatic carbocycles. The van der Waals surface area contributed by atoms with Crippen molar-refractivity contribution in [3.63, 3.8) is 0 Å². The van der Waals surface area contributed by atoms with Gasteiger partial charge in [-0.2, -0.15) is 0 Å². The monoisotopic (exact) mass is 318 g/mol. The molecule has 0 saturated heterocycles. The van der Waals surface area contributed by atoms with Crippen LogP contribution < -0.4 is 5.32 Å². The van der Waals surface area contributed by atoms with Crippen LogP contribution in [0, 0.1) is 0 Å². The Labute approximate surface area is 139 Å². The van der Waals surface area contributed by atoms with E-state index in [1.54, 1.807) is 6.07 Å². The van der Waals surface area contributed by atoms with Gasteiger partial charge in [0.2, 0.25) is 0 Å². The van der Waals surface area contributed by atoms with Crippen LogP contribution in [0.5, 0.6) is 0 Å². The third kappa shape index (κ3) is 2.67. The van der Waals surface area contributed by atoms with Crippen molar-refractivity contribution in [2.75, 3.05) is 0 Å². The molecule has 2 N–H and O–H groups in total. The van der Waals surface area contributed by atoms with Crippen LogP contribution in [0.2, 0.25) is 0 Å². The quantitative estimate of drug-likeness (QED) is 0.590. The normalized spacial score (nSPS) is 12.5. The summed E-state index contributed by atoms with van der Waals surface area (Å²) < 4.78 is 5.62. The molecule has 1 amide bonds. The lowest BCUT2D eigenvalue weighted by Crippen LogP contribution is -2.33. The lowest BCUT2D eigenvalue weighted by molar-refractivity contribution is 0.0914. The van der Waals surface area contributed by atoms with E-state index in [4.69, 9.17) is 4.42 Å². The Morgan fingerprint density at radius 2 is 1.96 bits per heavy atom. The Hall–Kier alpha value is -3.01. The molecule has 120 valence electrons. The van der Waals surface area contributed by atoms with Gasteiger partial charge in [-0.15, -0.1) is 0 Å². The van der Waals surface area contributed by atoms with Gasteiger partial charge in [0.1, 0.15) is 5.58 Å². The number of carbonyl (C=O) groups excluding carboxylic acids is 1. The van der Waals surface area contributed by atoms with Gasteiger partial charge in [-0.3, -0.25) is 4.79 Å². The molecule has 1 atom stereocenters. The highest BCUT2D eigenvalue weighted by Crippen LogP contribution is 2.20. The van der Waals surface area contributed by atoms with Crippen molar-refractivity contribution < 1.29 is 9.21 Å². The number of H-pyrrole nitrogens is 1. The van der Waals surface area contributed by atoms with Crippen molar-refractivity contribution in [3.05, 3.63) is 72.1 Å². The van der Waals surface area contributed by atoms with E-state index in [0.29, 0.717) is 5.76 Å². The second-order valence-electron chi connectivity index (χ2n) is 6.09. The molecule has 4 heteroatoms. The molecule has 0 bridgehead atoms. The summed E-state index contributed by atoms with van der Waals surface area (Å²) in [6.07, 6.45) is 2.77. The van der Waals surface area contributed by atoms with Gasteiger partial charge in [-0.1, -0.05) is 36.4 Å². The Balaban J connectivity index is 1.49. The largest absolute Gasteiger partial charge is 0.451 e. The summed E-state index contributed by atoms with van der Waals surface area (Å²) in [4.78, 5) is 15.7. The van der Waals surface area contributed by atoms with Gasteiger partial charge in [0, 0.05) is 28.5 Å². The SMILES string of the molecule is C[C@H](Cc1c[nH]c2ccccc12)NC(=O)c1cc2ccccc2o1. The van der Waals surface area contributed by atoms with E-state index < -0.39 is 0 Å². The van der Waals surface area contributed by atoms with Crippen molar-refractivity contribution in [2.45, 2.75) is 19.4 Å². The molecule has 4 rings (SSSR count). The molecule has 0 radical (unpaired) electrons. The molecule has 0 spiro atoms. The third-order valence-corrected chi connectivity index (χ3v) is 4.23. The first-order valence-electron chi connectivity index (χ1n) is 8.05. The van der Waals surface area contributed by atoms with E-state index in [-0.39, 0.29) is 11.9 Å². The number of furan rings is 1. The molecule has 0 aliphatic heterocycles. The maximum absolute atomic E-state index is 12.4. The molecule has 4 nitrogen and oxygen atoms in total. The van der Waals surface area contributed by atoms with Gasteiger partial charge < -0.3 is 14.7 Å². The van der Waals surface area contributed by atoms with Crippen LogP contribution in [-0.2, 0) is 6.42 Å². The second-order valence-corrected chi connectivity index (χ2v) is 6.09. The molecule has 0 aliphatic rings. The number of rotatable bonds is 4. The summed E-state index contributed by atoms with van der Waals surface area (Å²) in [6, 6.07) is 17.6. The number of benzene rings is 2. The molecular weight excluding hydrogens is 300 g/mol. The van der Waals surface area contributed by atoms with Crippen LogP contribution in [0.15, 0.2) is 65.2 Å². The first-order chi connectivity index (χ1) is 11.7. The van der Waals surface area contributed by atoms with Crippen LogP contribution in [0.4, 0.5) is 0 Å². The molecule has 2 aromatic heterocycles. The third-order valence-electron chi connectivity index (χ3n) is 4.23. The number of amides is 1. The summed E-state index contributed by atoms with van der Waals surface area (Å²) in [6.45, 7) is 2.00. The van der Waals surface area contributed by atoms with Crippen molar-refractivity contribution in [1.29, 1.82) is 0 Å². The maximum Gasteiger partial charge on any atom is 0.287 e. The van der Waals surface area contributed by atoms with E-state index in [2.05, 4.69) is 22.4 Å². The average Bonchev–Trinajstić information content (AvgIpc) is 3.19. The predicted molar refractivity (Wildman–Crippen MR) is 95.1 cm³/mol. The van der Waals surface area contributed by atoms with E-state index >= 15 is 0 Å². The van der Waals surface area contributed by atoms with E-state index in [1.807, 2.05) is 49.5 Å². The topological polar surface area (TPSA) is 58.0 Å². The number of aromatic amines is 1. The molecule has 0 fully saturated rings. The van der Waals surface area contributed by atoms with Gasteiger partial charge in [0.15, 0.2) is 5.76 Å². The molecule has 2 heterocycles. The Morgan fingerprint density at radius 3 is 2.83 bits per heavy atom. The van der Waals surface area contributed by atoms with Crippen molar-refractivity contribution >= 4 is 27.8 Å². The Bertz CT molecular complexity index is 980. The summed E-state index contributed by atoms with van der Waals surface area (Å²) in [5, 5.41) is 5.15. The first-order valence-corrected chi connectivity index (χ1v) is 8.05. The number of para-hydroxylation sites is 2. The predicted octanol–water partition coefficient (Wildman–Crippen LogP) is 4.28. The number of aromatic nitrogens is 1. The zero-order chi connectivity index (χ0) is 16.5. The van der Waals surface area contributed by atoms with Crippen LogP contribution >= 0.6 is 0 Å². The van der Waals surface area contributed by atoms with Crippen molar-refractivity contribution in [2.24, 2.45) is 0 Å².